The summed E-state index contributed by atoms with van der Waals surface area (Å²) in [7, 11) is 0. The van der Waals surface area contributed by atoms with Gasteiger partial charge in [0, 0.05) is 37.6 Å². The molecule has 140 valence electrons. The van der Waals surface area contributed by atoms with Crippen LogP contribution in [0.3, 0.4) is 0 Å². The van der Waals surface area contributed by atoms with E-state index in [-0.39, 0.29) is 5.91 Å². The Labute approximate surface area is 158 Å². The van der Waals surface area contributed by atoms with Crippen LogP contribution in [0, 0.1) is 12.8 Å². The first kappa shape index (κ1) is 17.5. The molecule has 0 unspecified atom stereocenters. The molecule has 6 nitrogen and oxygen atoms in total. The number of piperidine rings is 1. The molecule has 1 atom stereocenters. The molecule has 1 aromatic carbocycles. The van der Waals surface area contributed by atoms with E-state index < -0.39 is 0 Å². The minimum atomic E-state index is 0.126. The third-order valence-corrected chi connectivity index (χ3v) is 5.13. The second kappa shape index (κ2) is 7.78. The molecule has 6 heteroatoms. The van der Waals surface area contributed by atoms with Crippen molar-refractivity contribution in [2.75, 3.05) is 13.1 Å². The van der Waals surface area contributed by atoms with Crippen molar-refractivity contribution in [3.63, 3.8) is 0 Å². The van der Waals surface area contributed by atoms with Gasteiger partial charge in [0.2, 0.25) is 11.8 Å². The summed E-state index contributed by atoms with van der Waals surface area (Å²) in [6, 6.07) is 9.78. The molecule has 0 aliphatic carbocycles. The summed E-state index contributed by atoms with van der Waals surface area (Å²) in [6.07, 6.45) is 8.08. The third kappa shape index (κ3) is 4.10. The molecule has 0 radical (unpaired) electrons. The standard InChI is InChI=1S/C21H24N4O2/c1-16-19(23-21(27-16)18-7-3-2-4-8-18)12-20(26)25-10-5-6-17(14-25)13-24-11-9-22-15-24/h2-4,7-9,11,15,17H,5-6,10,12-14H2,1H3/t17-/m0/s1. The van der Waals surface area contributed by atoms with Gasteiger partial charge in [0.25, 0.3) is 0 Å². The second-order valence-corrected chi connectivity index (χ2v) is 7.17. The first-order valence-electron chi connectivity index (χ1n) is 9.44. The third-order valence-electron chi connectivity index (χ3n) is 5.13. The molecule has 0 saturated carbocycles. The molecule has 0 bridgehead atoms. The molecule has 27 heavy (non-hydrogen) atoms. The van der Waals surface area contributed by atoms with Crippen molar-refractivity contribution in [1.29, 1.82) is 0 Å². The number of aryl methyl sites for hydroxylation is 1. The fraction of sp³-hybridized carbons (Fsp3) is 0.381. The quantitative estimate of drug-likeness (QED) is 0.697. The molecule has 0 N–H and O–H groups in total. The number of carbonyl (C=O) groups excluding carboxylic acids is 1. The highest BCUT2D eigenvalue weighted by Gasteiger charge is 2.25. The Morgan fingerprint density at radius 2 is 2.15 bits per heavy atom. The summed E-state index contributed by atoms with van der Waals surface area (Å²) >= 11 is 0. The molecule has 0 spiro atoms. The van der Waals surface area contributed by atoms with Gasteiger partial charge in [0.15, 0.2) is 0 Å². The van der Waals surface area contributed by atoms with Gasteiger partial charge in [0.1, 0.15) is 5.76 Å². The zero-order valence-corrected chi connectivity index (χ0v) is 15.5. The highest BCUT2D eigenvalue weighted by molar-refractivity contribution is 5.78. The molecule has 4 rings (SSSR count). The van der Waals surface area contributed by atoms with Crippen molar-refractivity contribution in [1.82, 2.24) is 19.4 Å². The molecule has 1 saturated heterocycles. The molecular formula is C21H24N4O2. The number of benzene rings is 1. The fourth-order valence-electron chi connectivity index (χ4n) is 3.68. The summed E-state index contributed by atoms with van der Waals surface area (Å²) in [6.45, 7) is 4.40. The monoisotopic (exact) mass is 364 g/mol. The van der Waals surface area contributed by atoms with Crippen LogP contribution in [0.4, 0.5) is 0 Å². The maximum atomic E-state index is 12.8. The zero-order valence-electron chi connectivity index (χ0n) is 15.5. The first-order valence-corrected chi connectivity index (χ1v) is 9.44. The number of oxazole rings is 1. The van der Waals surface area contributed by atoms with Gasteiger partial charge in [-0.05, 0) is 37.8 Å². The van der Waals surface area contributed by atoms with Crippen LogP contribution in [0.5, 0.6) is 0 Å². The summed E-state index contributed by atoms with van der Waals surface area (Å²) in [5.74, 6) is 1.89. The number of imidazole rings is 1. The maximum absolute atomic E-state index is 12.8. The Bertz CT molecular complexity index is 886. The van der Waals surface area contributed by atoms with E-state index in [0.29, 0.717) is 24.0 Å². The van der Waals surface area contributed by atoms with Crippen molar-refractivity contribution in [3.05, 3.63) is 60.5 Å². The Morgan fingerprint density at radius 1 is 1.30 bits per heavy atom. The average molecular weight is 364 g/mol. The lowest BCUT2D eigenvalue weighted by molar-refractivity contribution is -0.132. The van der Waals surface area contributed by atoms with Crippen LogP contribution in [-0.2, 0) is 17.8 Å². The number of rotatable bonds is 5. The van der Waals surface area contributed by atoms with Crippen LogP contribution in [0.2, 0.25) is 0 Å². The molecule has 1 aliphatic rings. The average Bonchev–Trinajstić information content (AvgIpc) is 3.33. The molecule has 2 aromatic heterocycles. The smallest absolute Gasteiger partial charge is 0.228 e. The lowest BCUT2D eigenvalue weighted by Gasteiger charge is -2.33. The number of nitrogens with zero attached hydrogens (tertiary/aromatic N) is 4. The lowest BCUT2D eigenvalue weighted by Crippen LogP contribution is -2.41. The predicted octanol–water partition coefficient (Wildman–Crippen LogP) is 3.33. The number of amides is 1. The molecule has 1 aliphatic heterocycles. The van der Waals surface area contributed by atoms with Gasteiger partial charge < -0.3 is 13.9 Å². The maximum Gasteiger partial charge on any atom is 0.228 e. The van der Waals surface area contributed by atoms with E-state index in [4.69, 9.17) is 4.42 Å². The molecule has 1 fully saturated rings. The summed E-state index contributed by atoms with van der Waals surface area (Å²) < 4.78 is 7.88. The number of hydrogen-bond donors (Lipinski definition) is 0. The van der Waals surface area contributed by atoms with Crippen LogP contribution in [-0.4, -0.2) is 38.4 Å². The zero-order chi connectivity index (χ0) is 18.6. The van der Waals surface area contributed by atoms with Crippen LogP contribution in [0.1, 0.15) is 24.3 Å². The van der Waals surface area contributed by atoms with Crippen molar-refractivity contribution < 1.29 is 9.21 Å². The number of likely N-dealkylation sites (tertiary alicyclic amines) is 1. The van der Waals surface area contributed by atoms with Gasteiger partial charge in [0.05, 0.1) is 18.4 Å². The largest absolute Gasteiger partial charge is 0.441 e. The van der Waals surface area contributed by atoms with Gasteiger partial charge in [-0.15, -0.1) is 0 Å². The van der Waals surface area contributed by atoms with E-state index in [0.717, 1.165) is 43.7 Å². The molecule has 3 heterocycles. The van der Waals surface area contributed by atoms with Crippen LogP contribution in [0.15, 0.2) is 53.5 Å². The first-order chi connectivity index (χ1) is 13.2. The number of hydrogen-bond acceptors (Lipinski definition) is 4. The summed E-state index contributed by atoms with van der Waals surface area (Å²) in [4.78, 5) is 23.5. The van der Waals surface area contributed by atoms with E-state index >= 15 is 0 Å². The van der Waals surface area contributed by atoms with Gasteiger partial charge in [-0.2, -0.15) is 0 Å². The van der Waals surface area contributed by atoms with E-state index in [1.54, 1.807) is 6.20 Å². The minimum absolute atomic E-state index is 0.126. The van der Waals surface area contributed by atoms with Crippen LogP contribution in [0.25, 0.3) is 11.5 Å². The molecule has 1 amide bonds. The highest BCUT2D eigenvalue weighted by atomic mass is 16.4. The van der Waals surface area contributed by atoms with Gasteiger partial charge >= 0.3 is 0 Å². The fourth-order valence-corrected chi connectivity index (χ4v) is 3.68. The lowest BCUT2D eigenvalue weighted by atomic mass is 9.97. The van der Waals surface area contributed by atoms with Crippen molar-refractivity contribution in [2.24, 2.45) is 5.92 Å². The van der Waals surface area contributed by atoms with Gasteiger partial charge in [-0.25, -0.2) is 9.97 Å². The Balaban J connectivity index is 1.40. The van der Waals surface area contributed by atoms with Gasteiger partial charge in [-0.3, -0.25) is 4.79 Å². The van der Waals surface area contributed by atoms with E-state index in [1.807, 2.05) is 54.7 Å². The normalized spacial score (nSPS) is 17.2. The number of aromatic nitrogens is 3. The minimum Gasteiger partial charge on any atom is -0.441 e. The summed E-state index contributed by atoms with van der Waals surface area (Å²) in [5, 5.41) is 0. The topological polar surface area (TPSA) is 64.2 Å². The highest BCUT2D eigenvalue weighted by Crippen LogP contribution is 2.23. The molecule has 3 aromatic rings. The Kier molecular flexibility index (Phi) is 5.05. The van der Waals surface area contributed by atoms with E-state index in [9.17, 15) is 4.79 Å². The summed E-state index contributed by atoms with van der Waals surface area (Å²) in [5.41, 5.74) is 1.66. The SMILES string of the molecule is Cc1oc(-c2ccccc2)nc1CC(=O)N1CCC[C@@H](Cn2ccnc2)C1. The van der Waals surface area contributed by atoms with E-state index in [1.165, 1.54) is 0 Å². The van der Waals surface area contributed by atoms with Gasteiger partial charge in [-0.1, -0.05) is 18.2 Å². The van der Waals surface area contributed by atoms with Crippen LogP contribution >= 0.6 is 0 Å². The number of carbonyl (C=O) groups is 1. The second-order valence-electron chi connectivity index (χ2n) is 7.17. The Hall–Kier alpha value is -2.89. The van der Waals surface area contributed by atoms with Crippen molar-refractivity contribution >= 4 is 5.91 Å². The van der Waals surface area contributed by atoms with Crippen molar-refractivity contribution in [2.45, 2.75) is 32.7 Å². The van der Waals surface area contributed by atoms with Crippen LogP contribution < -0.4 is 0 Å². The van der Waals surface area contributed by atoms with E-state index in [2.05, 4.69) is 14.5 Å². The Morgan fingerprint density at radius 3 is 2.93 bits per heavy atom. The molecular weight excluding hydrogens is 340 g/mol. The van der Waals surface area contributed by atoms with Crippen molar-refractivity contribution in [3.8, 4) is 11.5 Å². The predicted molar refractivity (Wildman–Crippen MR) is 102 cm³/mol.